The highest BCUT2D eigenvalue weighted by Gasteiger charge is 2.20. The summed E-state index contributed by atoms with van der Waals surface area (Å²) in [5.41, 5.74) is 2.01. The van der Waals surface area contributed by atoms with Crippen molar-refractivity contribution in [3.8, 4) is 0 Å². The van der Waals surface area contributed by atoms with Gasteiger partial charge in [0.2, 0.25) is 11.8 Å². The number of carbonyl (C=O) groups excluding carboxylic acids is 2. The summed E-state index contributed by atoms with van der Waals surface area (Å²) in [7, 11) is 0. The Bertz CT molecular complexity index is 660. The molecule has 0 saturated carbocycles. The fourth-order valence-electron chi connectivity index (χ4n) is 2.27. The van der Waals surface area contributed by atoms with Crippen molar-refractivity contribution in [2.75, 3.05) is 6.54 Å². The van der Waals surface area contributed by atoms with E-state index in [0.29, 0.717) is 13.0 Å². The topological polar surface area (TPSA) is 74.0 Å². The van der Waals surface area contributed by atoms with Gasteiger partial charge in [0, 0.05) is 37.0 Å². The van der Waals surface area contributed by atoms with Crippen molar-refractivity contribution in [3.05, 3.63) is 48.7 Å². The summed E-state index contributed by atoms with van der Waals surface area (Å²) in [6, 6.07) is 7.27. The van der Waals surface area contributed by atoms with E-state index in [-0.39, 0.29) is 11.8 Å². The lowest BCUT2D eigenvalue weighted by Crippen LogP contribution is -2.47. The number of H-pyrrole nitrogens is 1. The average molecular weight is 285 g/mol. The first-order valence-corrected chi connectivity index (χ1v) is 6.82. The van der Waals surface area contributed by atoms with Crippen LogP contribution < -0.4 is 10.6 Å². The normalized spacial score (nSPS) is 11.9. The Labute approximate surface area is 123 Å². The van der Waals surface area contributed by atoms with Crippen LogP contribution in [0.5, 0.6) is 0 Å². The van der Waals surface area contributed by atoms with Gasteiger partial charge in [0.25, 0.3) is 0 Å². The van der Waals surface area contributed by atoms with Crippen LogP contribution in [-0.2, 0) is 16.0 Å². The third-order valence-electron chi connectivity index (χ3n) is 3.21. The summed E-state index contributed by atoms with van der Waals surface area (Å²) in [6.45, 7) is 5.35. The Balaban J connectivity index is 2.19. The molecule has 0 radical (unpaired) electrons. The SMILES string of the molecule is C=CCNC(=O)[C@H](Cc1c[nH]c2ccccc12)NC(C)=O. The monoisotopic (exact) mass is 285 g/mol. The van der Waals surface area contributed by atoms with Crippen LogP contribution in [0.25, 0.3) is 10.9 Å². The number of hydrogen-bond acceptors (Lipinski definition) is 2. The number of aromatic nitrogens is 1. The molecule has 0 aliphatic heterocycles. The van der Waals surface area contributed by atoms with Gasteiger partial charge in [-0.1, -0.05) is 24.3 Å². The van der Waals surface area contributed by atoms with Crippen LogP contribution in [0.1, 0.15) is 12.5 Å². The minimum absolute atomic E-state index is 0.213. The second kappa shape index (κ2) is 6.74. The summed E-state index contributed by atoms with van der Waals surface area (Å²) in [4.78, 5) is 26.6. The van der Waals surface area contributed by atoms with E-state index in [1.165, 1.54) is 6.92 Å². The van der Waals surface area contributed by atoms with Crippen molar-refractivity contribution in [3.63, 3.8) is 0 Å². The average Bonchev–Trinajstić information content (AvgIpc) is 2.87. The van der Waals surface area contributed by atoms with E-state index in [1.54, 1.807) is 6.08 Å². The van der Waals surface area contributed by atoms with Crippen LogP contribution in [0.2, 0.25) is 0 Å². The van der Waals surface area contributed by atoms with Crippen molar-refractivity contribution in [1.29, 1.82) is 0 Å². The predicted octanol–water partition coefficient (Wildman–Crippen LogP) is 1.52. The highest BCUT2D eigenvalue weighted by Crippen LogP contribution is 2.19. The summed E-state index contributed by atoms with van der Waals surface area (Å²) < 4.78 is 0. The number of carbonyl (C=O) groups is 2. The molecular weight excluding hydrogens is 266 g/mol. The lowest BCUT2D eigenvalue weighted by atomic mass is 10.0. The maximum Gasteiger partial charge on any atom is 0.243 e. The van der Waals surface area contributed by atoms with Crippen LogP contribution in [0.3, 0.4) is 0 Å². The Morgan fingerprint density at radius 2 is 2.14 bits per heavy atom. The molecule has 0 saturated heterocycles. The number of benzene rings is 1. The number of rotatable bonds is 6. The van der Waals surface area contributed by atoms with Crippen LogP contribution in [0.4, 0.5) is 0 Å². The van der Waals surface area contributed by atoms with Gasteiger partial charge in [0.05, 0.1) is 0 Å². The van der Waals surface area contributed by atoms with Gasteiger partial charge in [-0.05, 0) is 11.6 Å². The van der Waals surface area contributed by atoms with Gasteiger partial charge in [0.15, 0.2) is 0 Å². The fraction of sp³-hybridized carbons (Fsp3) is 0.250. The van der Waals surface area contributed by atoms with Gasteiger partial charge in [0.1, 0.15) is 6.04 Å². The maximum atomic E-state index is 12.1. The quantitative estimate of drug-likeness (QED) is 0.704. The second-order valence-electron chi connectivity index (χ2n) is 4.85. The minimum atomic E-state index is -0.596. The molecule has 2 aromatic rings. The molecule has 1 heterocycles. The van der Waals surface area contributed by atoms with Crippen molar-refractivity contribution in [2.45, 2.75) is 19.4 Å². The number of para-hydroxylation sites is 1. The molecule has 2 amide bonds. The molecule has 1 aromatic carbocycles. The van der Waals surface area contributed by atoms with Crippen molar-refractivity contribution in [1.82, 2.24) is 15.6 Å². The molecule has 0 aliphatic rings. The third-order valence-corrected chi connectivity index (χ3v) is 3.21. The number of hydrogen-bond donors (Lipinski definition) is 3. The van der Waals surface area contributed by atoms with Gasteiger partial charge in [-0.15, -0.1) is 6.58 Å². The predicted molar refractivity (Wildman–Crippen MR) is 82.8 cm³/mol. The molecule has 3 N–H and O–H groups in total. The van der Waals surface area contributed by atoms with E-state index in [2.05, 4.69) is 22.2 Å². The van der Waals surface area contributed by atoms with Gasteiger partial charge >= 0.3 is 0 Å². The molecule has 0 spiro atoms. The summed E-state index contributed by atoms with van der Waals surface area (Å²) in [6.07, 6.45) is 3.92. The zero-order chi connectivity index (χ0) is 15.2. The third kappa shape index (κ3) is 3.72. The van der Waals surface area contributed by atoms with Gasteiger partial charge in [-0.25, -0.2) is 0 Å². The zero-order valence-electron chi connectivity index (χ0n) is 12.0. The number of amides is 2. The lowest BCUT2D eigenvalue weighted by Gasteiger charge is -2.16. The van der Waals surface area contributed by atoms with Crippen molar-refractivity contribution < 1.29 is 9.59 Å². The van der Waals surface area contributed by atoms with E-state index in [0.717, 1.165) is 16.5 Å². The molecule has 110 valence electrons. The van der Waals surface area contributed by atoms with Crippen LogP contribution in [-0.4, -0.2) is 29.4 Å². The second-order valence-corrected chi connectivity index (χ2v) is 4.85. The standard InChI is InChI=1S/C16H19N3O2/c1-3-8-17-16(21)15(19-11(2)20)9-12-10-18-14-7-5-4-6-13(12)14/h3-7,10,15,18H,1,8-9H2,2H3,(H,17,21)(H,19,20)/t15-/m0/s1. The van der Waals surface area contributed by atoms with Crippen molar-refractivity contribution >= 4 is 22.7 Å². The zero-order valence-corrected chi connectivity index (χ0v) is 12.0. The first kappa shape index (κ1) is 14.8. The highest BCUT2D eigenvalue weighted by atomic mass is 16.2. The maximum absolute atomic E-state index is 12.1. The fourth-order valence-corrected chi connectivity index (χ4v) is 2.27. The molecule has 1 aromatic heterocycles. The van der Waals surface area contributed by atoms with Crippen molar-refractivity contribution in [2.24, 2.45) is 0 Å². The minimum Gasteiger partial charge on any atom is -0.361 e. The molecule has 0 fully saturated rings. The molecule has 5 nitrogen and oxygen atoms in total. The largest absolute Gasteiger partial charge is 0.361 e. The Kier molecular flexibility index (Phi) is 4.77. The number of nitrogens with one attached hydrogen (secondary N) is 3. The number of aromatic amines is 1. The van der Waals surface area contributed by atoms with E-state index in [1.807, 2.05) is 30.5 Å². The van der Waals surface area contributed by atoms with Gasteiger partial charge in [-0.2, -0.15) is 0 Å². The summed E-state index contributed by atoms with van der Waals surface area (Å²) in [5, 5.41) is 6.47. The first-order valence-electron chi connectivity index (χ1n) is 6.82. The van der Waals surface area contributed by atoms with Crippen LogP contribution >= 0.6 is 0 Å². The molecule has 5 heteroatoms. The van der Waals surface area contributed by atoms with E-state index >= 15 is 0 Å². The Morgan fingerprint density at radius 3 is 2.86 bits per heavy atom. The van der Waals surface area contributed by atoms with Crippen LogP contribution in [0, 0.1) is 0 Å². The smallest absolute Gasteiger partial charge is 0.243 e. The Hall–Kier alpha value is -2.56. The highest BCUT2D eigenvalue weighted by molar-refractivity contribution is 5.89. The molecule has 1 atom stereocenters. The first-order chi connectivity index (χ1) is 10.1. The molecule has 0 aliphatic carbocycles. The molecule has 21 heavy (non-hydrogen) atoms. The van der Waals surface area contributed by atoms with E-state index < -0.39 is 6.04 Å². The van der Waals surface area contributed by atoms with Gasteiger partial charge < -0.3 is 15.6 Å². The van der Waals surface area contributed by atoms with Gasteiger partial charge in [-0.3, -0.25) is 9.59 Å². The molecule has 0 unspecified atom stereocenters. The summed E-state index contributed by atoms with van der Waals surface area (Å²) >= 11 is 0. The van der Waals surface area contributed by atoms with Crippen LogP contribution in [0.15, 0.2) is 43.1 Å². The van der Waals surface area contributed by atoms with E-state index in [9.17, 15) is 9.59 Å². The summed E-state index contributed by atoms with van der Waals surface area (Å²) in [5.74, 6) is -0.441. The molecule has 2 rings (SSSR count). The molecule has 0 bridgehead atoms. The Morgan fingerprint density at radius 1 is 1.38 bits per heavy atom. The van der Waals surface area contributed by atoms with E-state index in [4.69, 9.17) is 0 Å². The molecular formula is C16H19N3O2. The lowest BCUT2D eigenvalue weighted by molar-refractivity contribution is -0.127. The number of fused-ring (bicyclic) bond motifs is 1.